The normalized spacial score (nSPS) is 11.7. The van der Waals surface area contributed by atoms with Gasteiger partial charge in [-0.25, -0.2) is 0 Å². The molecule has 2 nitrogen and oxygen atoms in total. The molecule has 0 aliphatic carbocycles. The number of rotatable bonds is 2. The van der Waals surface area contributed by atoms with Crippen molar-refractivity contribution in [1.29, 1.82) is 0 Å². The van der Waals surface area contributed by atoms with Crippen molar-refractivity contribution in [2.24, 2.45) is 0 Å². The zero-order chi connectivity index (χ0) is 17.8. The minimum absolute atomic E-state index is 0.929. The van der Waals surface area contributed by atoms with Gasteiger partial charge in [0, 0.05) is 49.9 Å². The third-order valence-corrected chi connectivity index (χ3v) is 6.30. The fourth-order valence-electron chi connectivity index (χ4n) is 3.96. The summed E-state index contributed by atoms with van der Waals surface area (Å²) in [6, 6.07) is 21.4. The van der Waals surface area contributed by atoms with Crippen molar-refractivity contribution >= 4 is 43.7 Å². The van der Waals surface area contributed by atoms with Gasteiger partial charge >= 0.3 is 0 Å². The van der Waals surface area contributed by atoms with Crippen LogP contribution in [0.4, 0.5) is 0 Å². The van der Waals surface area contributed by atoms with Gasteiger partial charge in [0.2, 0.25) is 0 Å². The minimum Gasteiger partial charge on any atom is -0.463 e. The predicted molar refractivity (Wildman–Crippen MR) is 114 cm³/mol. The Morgan fingerprint density at radius 2 is 1.48 bits per heavy atom. The minimum atomic E-state index is 0.929. The lowest BCUT2D eigenvalue weighted by Gasteiger charge is -2.03. The Morgan fingerprint density at radius 3 is 2.48 bits per heavy atom. The standard InChI is InChI=1S/C24H15NOS/c1-2-7-17-16(5-1)14-27-24(17)20-10-4-9-19-22(20)13-26-23(19)18-8-3-6-15-11-25-12-21(15)18/h1-14,25H. The summed E-state index contributed by atoms with van der Waals surface area (Å²) in [5.41, 5.74) is 2.35. The van der Waals surface area contributed by atoms with Crippen LogP contribution in [-0.2, 0) is 0 Å². The average Bonchev–Trinajstić information content (AvgIpc) is 3.44. The van der Waals surface area contributed by atoms with Gasteiger partial charge in [-0.3, -0.25) is 0 Å². The summed E-state index contributed by atoms with van der Waals surface area (Å²) in [6.07, 6.45) is 5.96. The molecule has 6 aromatic rings. The Balaban J connectivity index is 1.63. The first-order valence-corrected chi connectivity index (χ1v) is 9.81. The maximum atomic E-state index is 6.12. The van der Waals surface area contributed by atoms with Crippen LogP contribution < -0.4 is 0 Å². The van der Waals surface area contributed by atoms with Gasteiger partial charge < -0.3 is 9.40 Å². The van der Waals surface area contributed by atoms with Crippen molar-refractivity contribution < 1.29 is 4.42 Å². The molecule has 0 amide bonds. The van der Waals surface area contributed by atoms with Crippen molar-refractivity contribution in [2.75, 3.05) is 0 Å². The molecule has 0 aliphatic rings. The molecule has 0 unspecified atom stereocenters. The van der Waals surface area contributed by atoms with E-state index in [0.717, 1.165) is 22.1 Å². The molecule has 0 aliphatic heterocycles. The molecule has 0 spiro atoms. The molecule has 6 rings (SSSR count). The molecule has 0 atom stereocenters. The van der Waals surface area contributed by atoms with Crippen LogP contribution in [0.1, 0.15) is 0 Å². The highest BCUT2D eigenvalue weighted by Gasteiger charge is 2.16. The van der Waals surface area contributed by atoms with E-state index in [1.165, 1.54) is 32.0 Å². The van der Waals surface area contributed by atoms with E-state index in [1.807, 2.05) is 18.7 Å². The van der Waals surface area contributed by atoms with Crippen LogP contribution in [-0.4, -0.2) is 4.98 Å². The van der Waals surface area contributed by atoms with Gasteiger partial charge in [-0.2, -0.15) is 0 Å². The molecule has 3 aromatic heterocycles. The number of aromatic amines is 1. The molecular formula is C24H15NOS. The van der Waals surface area contributed by atoms with E-state index in [0.29, 0.717) is 0 Å². The Labute approximate surface area is 159 Å². The Bertz CT molecular complexity index is 1430. The van der Waals surface area contributed by atoms with Crippen LogP contribution >= 0.6 is 11.3 Å². The first kappa shape index (κ1) is 14.8. The maximum Gasteiger partial charge on any atom is 0.142 e. The highest BCUT2D eigenvalue weighted by Crippen LogP contribution is 2.42. The highest BCUT2D eigenvalue weighted by atomic mass is 32.1. The van der Waals surface area contributed by atoms with E-state index in [9.17, 15) is 0 Å². The van der Waals surface area contributed by atoms with Crippen LogP contribution in [0.3, 0.4) is 0 Å². The van der Waals surface area contributed by atoms with Crippen molar-refractivity contribution in [3.63, 3.8) is 0 Å². The van der Waals surface area contributed by atoms with Gasteiger partial charge in [-0.1, -0.05) is 60.7 Å². The molecule has 27 heavy (non-hydrogen) atoms. The fourth-order valence-corrected chi connectivity index (χ4v) is 5.03. The summed E-state index contributed by atoms with van der Waals surface area (Å²) < 4.78 is 6.12. The van der Waals surface area contributed by atoms with Crippen LogP contribution in [0.25, 0.3) is 54.1 Å². The smallest absolute Gasteiger partial charge is 0.142 e. The first-order chi connectivity index (χ1) is 13.4. The van der Waals surface area contributed by atoms with Crippen LogP contribution in [0, 0.1) is 0 Å². The molecule has 0 fully saturated rings. The van der Waals surface area contributed by atoms with Crippen molar-refractivity contribution in [3.8, 4) is 21.8 Å². The van der Waals surface area contributed by atoms with E-state index >= 15 is 0 Å². The van der Waals surface area contributed by atoms with E-state index in [-0.39, 0.29) is 0 Å². The second kappa shape index (κ2) is 5.60. The molecule has 3 aromatic carbocycles. The highest BCUT2D eigenvalue weighted by molar-refractivity contribution is 7.15. The van der Waals surface area contributed by atoms with E-state index in [4.69, 9.17) is 4.42 Å². The molecule has 3 heteroatoms. The Kier molecular flexibility index (Phi) is 3.07. The number of hydrogen-bond acceptors (Lipinski definition) is 2. The Morgan fingerprint density at radius 1 is 0.667 bits per heavy atom. The third kappa shape index (κ3) is 2.12. The number of fused-ring (bicyclic) bond motifs is 3. The Hall–Kier alpha value is -3.30. The summed E-state index contributed by atoms with van der Waals surface area (Å²) in [5, 5.41) is 9.50. The number of thiophene rings is 1. The number of nitrogens with one attached hydrogen (secondary N) is 1. The molecule has 0 saturated heterocycles. The van der Waals surface area contributed by atoms with Crippen molar-refractivity contribution in [1.82, 2.24) is 4.98 Å². The lowest BCUT2D eigenvalue weighted by Crippen LogP contribution is -1.79. The van der Waals surface area contributed by atoms with Gasteiger partial charge in [0.15, 0.2) is 0 Å². The van der Waals surface area contributed by atoms with E-state index < -0.39 is 0 Å². The van der Waals surface area contributed by atoms with Crippen LogP contribution in [0.15, 0.2) is 89.1 Å². The fraction of sp³-hybridized carbons (Fsp3) is 0. The second-order valence-electron chi connectivity index (χ2n) is 6.75. The van der Waals surface area contributed by atoms with E-state index in [1.54, 1.807) is 11.3 Å². The molecule has 0 radical (unpaired) electrons. The number of aromatic nitrogens is 1. The second-order valence-corrected chi connectivity index (χ2v) is 7.63. The molecule has 1 N–H and O–H groups in total. The van der Waals surface area contributed by atoms with Gasteiger partial charge in [0.05, 0.1) is 6.26 Å². The summed E-state index contributed by atoms with van der Waals surface area (Å²) in [5.74, 6) is 0.929. The summed E-state index contributed by atoms with van der Waals surface area (Å²) in [4.78, 5) is 4.50. The molecular weight excluding hydrogens is 350 g/mol. The van der Waals surface area contributed by atoms with Crippen LogP contribution in [0.2, 0.25) is 0 Å². The summed E-state index contributed by atoms with van der Waals surface area (Å²) >= 11 is 1.79. The number of H-pyrrole nitrogens is 1. The zero-order valence-corrected chi connectivity index (χ0v) is 15.2. The third-order valence-electron chi connectivity index (χ3n) is 5.25. The molecule has 0 bridgehead atoms. The van der Waals surface area contributed by atoms with Gasteiger partial charge in [-0.15, -0.1) is 11.3 Å². The first-order valence-electron chi connectivity index (χ1n) is 8.93. The maximum absolute atomic E-state index is 6.12. The van der Waals surface area contributed by atoms with Gasteiger partial charge in [-0.05, 0) is 16.2 Å². The topological polar surface area (TPSA) is 28.9 Å². The van der Waals surface area contributed by atoms with Crippen LogP contribution in [0.5, 0.6) is 0 Å². The number of furan rings is 1. The molecule has 128 valence electrons. The van der Waals surface area contributed by atoms with Crippen molar-refractivity contribution in [3.05, 3.63) is 84.7 Å². The monoisotopic (exact) mass is 365 g/mol. The largest absolute Gasteiger partial charge is 0.463 e. The molecule has 3 heterocycles. The number of benzene rings is 3. The lowest BCUT2D eigenvalue weighted by atomic mass is 10.00. The average molecular weight is 365 g/mol. The van der Waals surface area contributed by atoms with Gasteiger partial charge in [0.25, 0.3) is 0 Å². The lowest BCUT2D eigenvalue weighted by molar-refractivity contribution is 0.588. The van der Waals surface area contributed by atoms with E-state index in [2.05, 4.69) is 71.0 Å². The van der Waals surface area contributed by atoms with Gasteiger partial charge in [0.1, 0.15) is 5.76 Å². The van der Waals surface area contributed by atoms with Crippen molar-refractivity contribution in [2.45, 2.75) is 0 Å². The SMILES string of the molecule is c1cc(-c2occ3c(-c4scc5ccccc45)cccc23)c2c[nH]cc2c1. The molecule has 0 saturated carbocycles. The zero-order valence-electron chi connectivity index (χ0n) is 14.4. The predicted octanol–water partition coefficient (Wildman–Crippen LogP) is 7.46. The number of hydrogen-bond donors (Lipinski definition) is 1. The quantitative estimate of drug-likeness (QED) is 0.339. The summed E-state index contributed by atoms with van der Waals surface area (Å²) in [6.45, 7) is 0. The summed E-state index contributed by atoms with van der Waals surface area (Å²) in [7, 11) is 0.